The highest BCUT2D eigenvalue weighted by atomic mass is 32.2. The van der Waals surface area contributed by atoms with Gasteiger partial charge in [-0.15, -0.1) is 11.8 Å². The molecule has 0 aromatic heterocycles. The molecule has 126 valence electrons. The fraction of sp³-hybridized carbons (Fsp3) is 0.368. The third-order valence-electron chi connectivity index (χ3n) is 4.63. The van der Waals surface area contributed by atoms with Crippen LogP contribution in [0.1, 0.15) is 37.7 Å². The van der Waals surface area contributed by atoms with Gasteiger partial charge in [0.05, 0.1) is 12.7 Å². The van der Waals surface area contributed by atoms with Crippen molar-refractivity contribution in [3.63, 3.8) is 0 Å². The number of rotatable bonds is 3. The summed E-state index contributed by atoms with van der Waals surface area (Å²) in [6.45, 7) is 1.87. The van der Waals surface area contributed by atoms with Crippen molar-refractivity contribution in [1.29, 1.82) is 0 Å². The Labute approximate surface area is 146 Å². The Morgan fingerprint density at radius 1 is 1.25 bits per heavy atom. The molecule has 0 spiro atoms. The Morgan fingerprint density at radius 3 is 2.58 bits per heavy atom. The summed E-state index contributed by atoms with van der Waals surface area (Å²) < 4.78 is 5.00. The molecule has 0 amide bonds. The fourth-order valence-electron chi connectivity index (χ4n) is 3.49. The second kappa shape index (κ2) is 6.85. The normalized spacial score (nSPS) is 20.6. The lowest BCUT2D eigenvalue weighted by molar-refractivity contribution is -0.136. The first-order valence-electron chi connectivity index (χ1n) is 8.03. The van der Waals surface area contributed by atoms with Gasteiger partial charge in [-0.2, -0.15) is 0 Å². The van der Waals surface area contributed by atoms with E-state index in [-0.39, 0.29) is 17.7 Å². The predicted octanol–water partition coefficient (Wildman–Crippen LogP) is 3.55. The van der Waals surface area contributed by atoms with Crippen LogP contribution in [-0.4, -0.2) is 25.1 Å². The topological polar surface area (TPSA) is 55.4 Å². The number of carbonyl (C=O) groups excluding carboxylic acids is 2. The lowest BCUT2D eigenvalue weighted by Crippen LogP contribution is -2.34. The number of esters is 1. The van der Waals surface area contributed by atoms with Gasteiger partial charge in [0.15, 0.2) is 5.78 Å². The Balaban J connectivity index is 2.15. The minimum atomic E-state index is -0.385. The largest absolute Gasteiger partial charge is 0.466 e. The molecule has 1 aliphatic carbocycles. The molecule has 1 aromatic carbocycles. The van der Waals surface area contributed by atoms with E-state index in [1.807, 2.05) is 37.4 Å². The number of nitrogens with one attached hydrogen (secondary N) is 1. The average Bonchev–Trinajstić information content (AvgIpc) is 2.60. The van der Waals surface area contributed by atoms with Crippen LogP contribution in [-0.2, 0) is 14.3 Å². The zero-order valence-electron chi connectivity index (χ0n) is 14.1. The first-order chi connectivity index (χ1) is 11.6. The van der Waals surface area contributed by atoms with Crippen molar-refractivity contribution in [1.82, 2.24) is 5.32 Å². The van der Waals surface area contributed by atoms with E-state index in [1.165, 1.54) is 7.11 Å². The van der Waals surface area contributed by atoms with Crippen molar-refractivity contribution in [2.75, 3.05) is 13.4 Å². The van der Waals surface area contributed by atoms with Crippen LogP contribution in [0.2, 0.25) is 0 Å². The first kappa shape index (κ1) is 16.8. The summed E-state index contributed by atoms with van der Waals surface area (Å²) in [4.78, 5) is 26.2. The van der Waals surface area contributed by atoms with E-state index < -0.39 is 0 Å². The SMILES string of the molecule is COC(=O)C1=C(C)NC2=C(C(=O)CCC2)[C@H]1c1ccc(SC)cc1. The van der Waals surface area contributed by atoms with Crippen LogP contribution < -0.4 is 5.32 Å². The van der Waals surface area contributed by atoms with Gasteiger partial charge in [0, 0.05) is 34.2 Å². The molecule has 3 rings (SSSR count). The highest BCUT2D eigenvalue weighted by Gasteiger charge is 2.38. The minimum absolute atomic E-state index is 0.122. The van der Waals surface area contributed by atoms with E-state index >= 15 is 0 Å². The summed E-state index contributed by atoms with van der Waals surface area (Å²) >= 11 is 1.66. The summed E-state index contributed by atoms with van der Waals surface area (Å²) in [5.74, 6) is -0.613. The van der Waals surface area contributed by atoms with Crippen LogP contribution >= 0.6 is 11.8 Å². The van der Waals surface area contributed by atoms with Crippen LogP contribution in [0.25, 0.3) is 0 Å². The lowest BCUT2D eigenvalue weighted by Gasteiger charge is -2.34. The second-order valence-electron chi connectivity index (χ2n) is 6.03. The number of hydrogen-bond acceptors (Lipinski definition) is 5. The highest BCUT2D eigenvalue weighted by Crippen LogP contribution is 2.42. The fourth-order valence-corrected chi connectivity index (χ4v) is 3.90. The summed E-state index contributed by atoms with van der Waals surface area (Å²) in [6.07, 6.45) is 4.25. The van der Waals surface area contributed by atoms with Gasteiger partial charge < -0.3 is 10.1 Å². The Morgan fingerprint density at radius 2 is 1.96 bits per heavy atom. The molecular formula is C19H21NO3S. The minimum Gasteiger partial charge on any atom is -0.466 e. The first-order valence-corrected chi connectivity index (χ1v) is 9.25. The van der Waals surface area contributed by atoms with Gasteiger partial charge >= 0.3 is 5.97 Å². The standard InChI is InChI=1S/C19H21NO3S/c1-11-16(19(22)23-2)17(12-7-9-13(24-3)10-8-12)18-14(20-11)5-4-6-15(18)21/h7-10,17,20H,4-6H2,1-3H3/t17-/m0/s1. The van der Waals surface area contributed by atoms with Crippen LogP contribution in [0.4, 0.5) is 0 Å². The van der Waals surface area contributed by atoms with Crippen LogP contribution in [0.5, 0.6) is 0 Å². The molecule has 2 aliphatic rings. The number of hydrogen-bond donors (Lipinski definition) is 1. The van der Waals surface area contributed by atoms with Crippen LogP contribution in [0.3, 0.4) is 0 Å². The van der Waals surface area contributed by atoms with Crippen molar-refractivity contribution in [3.05, 3.63) is 52.4 Å². The van der Waals surface area contributed by atoms with Crippen molar-refractivity contribution in [2.45, 2.75) is 37.0 Å². The molecule has 0 saturated carbocycles. The molecule has 1 atom stereocenters. The molecule has 4 nitrogen and oxygen atoms in total. The number of ketones is 1. The number of ether oxygens (including phenoxy) is 1. The van der Waals surface area contributed by atoms with E-state index in [0.29, 0.717) is 12.0 Å². The maximum absolute atomic E-state index is 12.6. The molecule has 0 bridgehead atoms. The lowest BCUT2D eigenvalue weighted by atomic mass is 9.75. The van der Waals surface area contributed by atoms with Gasteiger partial charge in [0.25, 0.3) is 0 Å². The van der Waals surface area contributed by atoms with Gasteiger partial charge in [-0.05, 0) is 43.7 Å². The molecule has 1 aromatic rings. The average molecular weight is 343 g/mol. The van der Waals surface area contributed by atoms with E-state index in [1.54, 1.807) is 11.8 Å². The smallest absolute Gasteiger partial charge is 0.336 e. The zero-order chi connectivity index (χ0) is 17.3. The molecule has 0 saturated heterocycles. The number of allylic oxidation sites excluding steroid dienone is 3. The Bertz CT molecular complexity index is 746. The summed E-state index contributed by atoms with van der Waals surface area (Å²) in [6, 6.07) is 8.06. The predicted molar refractivity (Wildman–Crippen MR) is 94.7 cm³/mol. The van der Waals surface area contributed by atoms with Gasteiger partial charge in [0.1, 0.15) is 0 Å². The third kappa shape index (κ3) is 2.88. The molecule has 0 unspecified atom stereocenters. The second-order valence-corrected chi connectivity index (χ2v) is 6.91. The Kier molecular flexibility index (Phi) is 4.81. The molecule has 0 radical (unpaired) electrons. The van der Waals surface area contributed by atoms with E-state index in [9.17, 15) is 9.59 Å². The molecule has 1 N–H and O–H groups in total. The maximum atomic E-state index is 12.6. The molecule has 5 heteroatoms. The van der Waals surface area contributed by atoms with Gasteiger partial charge in [-0.3, -0.25) is 4.79 Å². The van der Waals surface area contributed by atoms with E-state index in [0.717, 1.165) is 40.3 Å². The number of Topliss-reactive ketones (excluding diaryl/α,β-unsaturated/α-hetero) is 1. The number of dihydropyridines is 1. The highest BCUT2D eigenvalue weighted by molar-refractivity contribution is 7.98. The number of carbonyl (C=O) groups is 2. The van der Waals surface area contributed by atoms with Crippen LogP contribution in [0.15, 0.2) is 51.7 Å². The number of benzene rings is 1. The maximum Gasteiger partial charge on any atom is 0.336 e. The molecule has 0 fully saturated rings. The number of thioether (sulfide) groups is 1. The summed E-state index contributed by atoms with van der Waals surface area (Å²) in [5, 5.41) is 3.27. The van der Waals surface area contributed by atoms with Crippen molar-refractivity contribution in [3.8, 4) is 0 Å². The quantitative estimate of drug-likeness (QED) is 0.672. The van der Waals surface area contributed by atoms with Gasteiger partial charge in [0.2, 0.25) is 0 Å². The van der Waals surface area contributed by atoms with Crippen molar-refractivity contribution in [2.24, 2.45) is 0 Å². The van der Waals surface area contributed by atoms with Gasteiger partial charge in [-0.25, -0.2) is 4.79 Å². The third-order valence-corrected chi connectivity index (χ3v) is 5.37. The monoisotopic (exact) mass is 343 g/mol. The van der Waals surface area contributed by atoms with Crippen molar-refractivity contribution < 1.29 is 14.3 Å². The van der Waals surface area contributed by atoms with Crippen LogP contribution in [0, 0.1) is 0 Å². The van der Waals surface area contributed by atoms with E-state index in [2.05, 4.69) is 5.32 Å². The number of methoxy groups -OCH3 is 1. The summed E-state index contributed by atoms with van der Waals surface area (Å²) in [5.41, 5.74) is 3.94. The molecular weight excluding hydrogens is 322 g/mol. The summed E-state index contributed by atoms with van der Waals surface area (Å²) in [7, 11) is 1.38. The van der Waals surface area contributed by atoms with Crippen molar-refractivity contribution >= 4 is 23.5 Å². The van der Waals surface area contributed by atoms with E-state index in [4.69, 9.17) is 4.74 Å². The zero-order valence-corrected chi connectivity index (χ0v) is 15.0. The molecule has 24 heavy (non-hydrogen) atoms. The van der Waals surface area contributed by atoms with Gasteiger partial charge in [-0.1, -0.05) is 12.1 Å². The molecule has 1 heterocycles. The molecule has 1 aliphatic heterocycles. The Hall–Kier alpha value is -2.01.